The van der Waals surface area contributed by atoms with Crippen LogP contribution in [-0.2, 0) is 16.1 Å². The molecular weight excluding hydrogens is 578 g/mol. The normalized spacial score (nSPS) is 20.1. The van der Waals surface area contributed by atoms with Crippen LogP contribution < -0.4 is 9.47 Å². The Morgan fingerprint density at radius 1 is 0.927 bits per heavy atom. The van der Waals surface area contributed by atoms with Crippen LogP contribution in [0.1, 0.15) is 77.3 Å². The van der Waals surface area contributed by atoms with Crippen molar-refractivity contribution in [2.45, 2.75) is 72.8 Å². The van der Waals surface area contributed by atoms with Gasteiger partial charge in [-0.05, 0) is 69.8 Å². The van der Waals surface area contributed by atoms with E-state index < -0.39 is 5.92 Å². The summed E-state index contributed by atoms with van der Waals surface area (Å²) in [5, 5.41) is 0. The SMILES string of the molecule is C=CCOc1c(Br)cc(C2C3=C(CC(C)(C)CC3=O)N(Cc3ccccc3)C3=C2C(=O)CC(C)(C)C3)cc1OCC. The standard InChI is InChI=1S/C35H40BrNO4/c1-7-14-41-33-24(36)15-23(16-29(33)40-8-2)30-31-25(17-34(3,4)19-27(31)38)37(21-22-12-10-9-11-13-22)26-18-35(5,6)20-28(39)32(26)30/h7,9-13,15-16,30H,1,8,14,17-21H2,2-6H3. The Bertz CT molecular complexity index is 1400. The smallest absolute Gasteiger partial charge is 0.175 e. The molecular formula is C35H40BrNO4. The van der Waals surface area contributed by atoms with E-state index in [2.05, 4.69) is 67.2 Å². The molecule has 0 fully saturated rings. The van der Waals surface area contributed by atoms with Crippen LogP contribution >= 0.6 is 15.9 Å². The highest BCUT2D eigenvalue weighted by atomic mass is 79.9. The lowest BCUT2D eigenvalue weighted by atomic mass is 9.63. The summed E-state index contributed by atoms with van der Waals surface area (Å²) in [5.74, 6) is 0.951. The average molecular weight is 619 g/mol. The molecule has 0 saturated heterocycles. The first-order valence-corrected chi connectivity index (χ1v) is 15.3. The molecule has 0 N–H and O–H groups in total. The minimum Gasteiger partial charge on any atom is -0.490 e. The van der Waals surface area contributed by atoms with Crippen LogP contribution in [0.3, 0.4) is 0 Å². The first kappa shape index (κ1) is 29.4. The van der Waals surface area contributed by atoms with Crippen molar-refractivity contribution in [3.05, 3.63) is 93.3 Å². The van der Waals surface area contributed by atoms with E-state index in [-0.39, 0.29) is 22.4 Å². The molecule has 2 aromatic rings. The molecule has 5 rings (SSSR count). The number of hydrogen-bond donors (Lipinski definition) is 0. The van der Waals surface area contributed by atoms with Gasteiger partial charge in [-0.3, -0.25) is 9.59 Å². The van der Waals surface area contributed by atoms with Gasteiger partial charge < -0.3 is 14.4 Å². The van der Waals surface area contributed by atoms with Gasteiger partial charge in [-0.1, -0.05) is 70.7 Å². The molecule has 2 aromatic carbocycles. The summed E-state index contributed by atoms with van der Waals surface area (Å²) in [4.78, 5) is 30.6. The maximum Gasteiger partial charge on any atom is 0.175 e. The van der Waals surface area contributed by atoms with Crippen molar-refractivity contribution in [3.63, 3.8) is 0 Å². The van der Waals surface area contributed by atoms with Crippen LogP contribution in [0.4, 0.5) is 0 Å². The maximum atomic E-state index is 14.1. The van der Waals surface area contributed by atoms with E-state index in [9.17, 15) is 9.59 Å². The quantitative estimate of drug-likeness (QED) is 0.279. The van der Waals surface area contributed by atoms with E-state index in [1.807, 2.05) is 37.3 Å². The van der Waals surface area contributed by atoms with E-state index in [0.29, 0.717) is 44.1 Å². The van der Waals surface area contributed by atoms with Gasteiger partial charge in [-0.2, -0.15) is 0 Å². The van der Waals surface area contributed by atoms with Crippen molar-refractivity contribution >= 4 is 27.5 Å². The summed E-state index contributed by atoms with van der Waals surface area (Å²) < 4.78 is 12.7. The van der Waals surface area contributed by atoms with Gasteiger partial charge in [0.15, 0.2) is 23.1 Å². The van der Waals surface area contributed by atoms with Crippen molar-refractivity contribution in [1.29, 1.82) is 0 Å². The summed E-state index contributed by atoms with van der Waals surface area (Å²) in [5.41, 5.74) is 5.26. The average Bonchev–Trinajstić information content (AvgIpc) is 2.88. The fourth-order valence-corrected chi connectivity index (χ4v) is 7.21. The van der Waals surface area contributed by atoms with Gasteiger partial charge in [0.05, 0.1) is 11.1 Å². The highest BCUT2D eigenvalue weighted by molar-refractivity contribution is 9.10. The van der Waals surface area contributed by atoms with Crippen molar-refractivity contribution in [2.24, 2.45) is 10.8 Å². The number of carbonyl (C=O) groups is 2. The summed E-state index contributed by atoms with van der Waals surface area (Å²) >= 11 is 3.71. The molecule has 0 amide bonds. The highest BCUT2D eigenvalue weighted by Gasteiger charge is 2.49. The maximum absolute atomic E-state index is 14.1. The van der Waals surface area contributed by atoms with Gasteiger partial charge in [-0.25, -0.2) is 0 Å². The van der Waals surface area contributed by atoms with Crippen molar-refractivity contribution in [3.8, 4) is 11.5 Å². The van der Waals surface area contributed by atoms with Crippen LogP contribution in [0.2, 0.25) is 0 Å². The molecule has 1 aliphatic heterocycles. The summed E-state index contributed by atoms with van der Waals surface area (Å²) in [6, 6.07) is 14.3. The lowest BCUT2D eigenvalue weighted by Gasteiger charge is -2.49. The predicted octanol–water partition coefficient (Wildman–Crippen LogP) is 8.30. The molecule has 0 saturated carbocycles. The molecule has 2 aliphatic carbocycles. The van der Waals surface area contributed by atoms with E-state index in [0.717, 1.165) is 51.0 Å². The zero-order valence-corrected chi connectivity index (χ0v) is 26.4. The van der Waals surface area contributed by atoms with Crippen LogP contribution in [0.15, 0.2) is 82.1 Å². The Morgan fingerprint density at radius 2 is 1.51 bits per heavy atom. The summed E-state index contributed by atoms with van der Waals surface area (Å²) in [6.07, 6.45) is 4.12. The molecule has 216 valence electrons. The van der Waals surface area contributed by atoms with E-state index in [1.165, 1.54) is 0 Å². The largest absolute Gasteiger partial charge is 0.490 e. The van der Waals surface area contributed by atoms with Gasteiger partial charge in [0, 0.05) is 47.8 Å². The first-order valence-electron chi connectivity index (χ1n) is 14.5. The van der Waals surface area contributed by atoms with Crippen LogP contribution in [0, 0.1) is 10.8 Å². The molecule has 0 aromatic heterocycles. The molecule has 6 heteroatoms. The number of rotatable bonds is 8. The second-order valence-electron chi connectivity index (χ2n) is 13.0. The zero-order chi connectivity index (χ0) is 29.5. The molecule has 1 heterocycles. The fourth-order valence-electron chi connectivity index (χ4n) is 6.64. The topological polar surface area (TPSA) is 55.8 Å². The summed E-state index contributed by atoms with van der Waals surface area (Å²) in [7, 11) is 0. The first-order chi connectivity index (χ1) is 19.4. The molecule has 0 bridgehead atoms. The van der Waals surface area contributed by atoms with Crippen molar-refractivity contribution in [1.82, 2.24) is 4.90 Å². The predicted molar refractivity (Wildman–Crippen MR) is 166 cm³/mol. The number of halogens is 1. The molecule has 3 aliphatic rings. The second-order valence-corrected chi connectivity index (χ2v) is 13.8. The Morgan fingerprint density at radius 3 is 2.05 bits per heavy atom. The van der Waals surface area contributed by atoms with Gasteiger partial charge in [-0.15, -0.1) is 0 Å². The number of benzene rings is 2. The van der Waals surface area contributed by atoms with Gasteiger partial charge in [0.1, 0.15) is 6.61 Å². The van der Waals surface area contributed by atoms with E-state index >= 15 is 0 Å². The molecule has 41 heavy (non-hydrogen) atoms. The number of ketones is 2. The van der Waals surface area contributed by atoms with E-state index in [4.69, 9.17) is 9.47 Å². The third kappa shape index (κ3) is 5.81. The van der Waals surface area contributed by atoms with Gasteiger partial charge in [0.25, 0.3) is 0 Å². The number of allylic oxidation sites excluding steroid dienone is 4. The highest BCUT2D eigenvalue weighted by Crippen LogP contribution is 2.55. The summed E-state index contributed by atoms with van der Waals surface area (Å²) in [6.45, 7) is 15.8. The Labute approximate surface area is 252 Å². The number of carbonyl (C=O) groups excluding carboxylic acids is 2. The number of Topliss-reactive ketones (excluding diaryl/α,β-unsaturated/α-hetero) is 2. The number of ether oxygens (including phenoxy) is 2. The van der Waals surface area contributed by atoms with Crippen LogP contribution in [-0.4, -0.2) is 29.7 Å². The Kier molecular flexibility index (Phi) is 8.08. The zero-order valence-electron chi connectivity index (χ0n) is 24.8. The Hall–Kier alpha value is -3.12. The lowest BCUT2D eigenvalue weighted by Crippen LogP contribution is -2.44. The van der Waals surface area contributed by atoms with E-state index in [1.54, 1.807) is 6.08 Å². The van der Waals surface area contributed by atoms with Gasteiger partial charge in [0.2, 0.25) is 0 Å². The molecule has 0 spiro atoms. The fraction of sp³-hybridized carbons (Fsp3) is 0.429. The monoisotopic (exact) mass is 617 g/mol. The molecule has 0 radical (unpaired) electrons. The van der Waals surface area contributed by atoms with Crippen LogP contribution in [0.5, 0.6) is 11.5 Å². The lowest BCUT2D eigenvalue weighted by molar-refractivity contribution is -0.119. The third-order valence-corrected chi connectivity index (χ3v) is 8.80. The molecule has 0 atom stereocenters. The van der Waals surface area contributed by atoms with Gasteiger partial charge >= 0.3 is 0 Å². The Balaban J connectivity index is 1.76. The molecule has 0 unspecified atom stereocenters. The van der Waals surface area contributed by atoms with Crippen molar-refractivity contribution in [2.75, 3.05) is 13.2 Å². The minimum atomic E-state index is -0.455. The molecule has 5 nitrogen and oxygen atoms in total. The second kappa shape index (κ2) is 11.3. The number of nitrogens with zero attached hydrogens (tertiary/aromatic N) is 1. The van der Waals surface area contributed by atoms with Crippen LogP contribution in [0.25, 0.3) is 0 Å². The van der Waals surface area contributed by atoms with Crippen molar-refractivity contribution < 1.29 is 19.1 Å². The third-order valence-electron chi connectivity index (χ3n) is 8.22. The number of hydrogen-bond acceptors (Lipinski definition) is 5. The minimum absolute atomic E-state index is 0.115.